The monoisotopic (exact) mass is 358 g/mol. The van der Waals surface area contributed by atoms with E-state index in [2.05, 4.69) is 0 Å². The summed E-state index contributed by atoms with van der Waals surface area (Å²) in [6.07, 6.45) is 3.17. The minimum atomic E-state index is -3.49. The van der Waals surface area contributed by atoms with Crippen LogP contribution in [0.3, 0.4) is 0 Å². The van der Waals surface area contributed by atoms with Crippen molar-refractivity contribution in [2.75, 3.05) is 26.9 Å². The van der Waals surface area contributed by atoms with Crippen LogP contribution in [0.15, 0.2) is 36.4 Å². The van der Waals surface area contributed by atoms with Gasteiger partial charge in [-0.3, -0.25) is 13.6 Å². The molecule has 0 bridgehead atoms. The summed E-state index contributed by atoms with van der Waals surface area (Å²) >= 11 is 0. The van der Waals surface area contributed by atoms with Crippen molar-refractivity contribution >= 4 is 7.82 Å². The molecule has 0 spiro atoms. The Hall–Kier alpha value is -1.17. The van der Waals surface area contributed by atoms with E-state index in [1.807, 2.05) is 30.3 Å². The van der Waals surface area contributed by atoms with Crippen LogP contribution in [0.4, 0.5) is 0 Å². The Labute approximate surface area is 144 Å². The zero-order valence-electron chi connectivity index (χ0n) is 14.8. The first-order valence-electron chi connectivity index (χ1n) is 7.97. The molecule has 1 atom stereocenters. The van der Waals surface area contributed by atoms with Gasteiger partial charge in [0.05, 0.1) is 39.6 Å². The van der Waals surface area contributed by atoms with Gasteiger partial charge in [0.2, 0.25) is 0 Å². The molecule has 1 aromatic carbocycles. The van der Waals surface area contributed by atoms with Crippen molar-refractivity contribution in [2.24, 2.45) is 0 Å². The Morgan fingerprint density at radius 3 is 2.29 bits per heavy atom. The predicted octanol–water partition coefficient (Wildman–Crippen LogP) is 4.35. The van der Waals surface area contributed by atoms with Crippen LogP contribution in [-0.2, 0) is 29.5 Å². The molecule has 24 heavy (non-hydrogen) atoms. The second-order valence-electron chi connectivity index (χ2n) is 4.88. The van der Waals surface area contributed by atoms with Crippen molar-refractivity contribution in [1.82, 2.24) is 0 Å². The summed E-state index contributed by atoms with van der Waals surface area (Å²) < 4.78 is 38.4. The lowest BCUT2D eigenvalue weighted by atomic mass is 10.2. The standard InChI is InChI=1S/C17H27O6P/c1-5-21-24(18,22-6-2)23-15(3)8-7-13-20-14-16-9-11-17(19-4)12-10-16/h7-12,15H,5-6,13-14H2,1-4H3/b8-7-. The SMILES string of the molecule is CCOP(=O)(OCC)OC(C)/C=C\COCc1ccc(OC)cc1. The normalized spacial score (nSPS) is 13.3. The minimum absolute atomic E-state index is 0.263. The molecule has 0 heterocycles. The van der Waals surface area contributed by atoms with Crippen LogP contribution >= 0.6 is 7.82 Å². The number of rotatable bonds is 12. The van der Waals surface area contributed by atoms with Crippen molar-refractivity contribution < 1.29 is 27.6 Å². The summed E-state index contributed by atoms with van der Waals surface area (Å²) in [6, 6.07) is 7.69. The van der Waals surface area contributed by atoms with Crippen molar-refractivity contribution in [3.63, 3.8) is 0 Å². The smallest absolute Gasteiger partial charge is 0.475 e. The maximum atomic E-state index is 12.2. The molecule has 0 N–H and O–H groups in total. The predicted molar refractivity (Wildman–Crippen MR) is 93.2 cm³/mol. The maximum absolute atomic E-state index is 12.2. The summed E-state index contributed by atoms with van der Waals surface area (Å²) in [7, 11) is -1.86. The number of methoxy groups -OCH3 is 1. The van der Waals surface area contributed by atoms with Crippen LogP contribution in [0.1, 0.15) is 26.3 Å². The fraction of sp³-hybridized carbons (Fsp3) is 0.529. The van der Waals surface area contributed by atoms with Gasteiger partial charge in [-0.1, -0.05) is 24.3 Å². The molecule has 6 nitrogen and oxygen atoms in total. The molecular formula is C17H27O6P. The Bertz CT molecular complexity index is 518. The maximum Gasteiger partial charge on any atom is 0.475 e. The largest absolute Gasteiger partial charge is 0.497 e. The number of hydrogen-bond acceptors (Lipinski definition) is 6. The highest BCUT2D eigenvalue weighted by molar-refractivity contribution is 7.48. The molecule has 0 amide bonds. The van der Waals surface area contributed by atoms with Crippen molar-refractivity contribution in [3.8, 4) is 5.75 Å². The molecule has 0 aliphatic heterocycles. The van der Waals surface area contributed by atoms with E-state index in [1.54, 1.807) is 34.0 Å². The lowest BCUT2D eigenvalue weighted by Gasteiger charge is -2.18. The molecule has 0 radical (unpaired) electrons. The lowest BCUT2D eigenvalue weighted by molar-refractivity contribution is 0.105. The van der Waals surface area contributed by atoms with E-state index in [-0.39, 0.29) is 13.2 Å². The minimum Gasteiger partial charge on any atom is -0.497 e. The van der Waals surface area contributed by atoms with Gasteiger partial charge in [-0.2, -0.15) is 0 Å². The number of phosphoric acid groups is 1. The first kappa shape index (κ1) is 20.9. The van der Waals surface area contributed by atoms with E-state index < -0.39 is 13.9 Å². The fourth-order valence-electron chi connectivity index (χ4n) is 1.87. The zero-order chi connectivity index (χ0) is 17.8. The van der Waals surface area contributed by atoms with Gasteiger partial charge in [0.1, 0.15) is 5.75 Å². The third-order valence-electron chi connectivity index (χ3n) is 2.92. The lowest BCUT2D eigenvalue weighted by Crippen LogP contribution is -2.07. The molecular weight excluding hydrogens is 331 g/mol. The highest BCUT2D eigenvalue weighted by atomic mass is 31.2. The van der Waals surface area contributed by atoms with Gasteiger partial charge in [0.15, 0.2) is 0 Å². The molecule has 0 aromatic heterocycles. The third-order valence-corrected chi connectivity index (χ3v) is 4.66. The van der Waals surface area contributed by atoms with E-state index in [0.29, 0.717) is 13.2 Å². The first-order chi connectivity index (χ1) is 11.5. The third kappa shape index (κ3) is 8.08. The molecule has 136 valence electrons. The van der Waals surface area contributed by atoms with Crippen molar-refractivity contribution in [2.45, 2.75) is 33.5 Å². The molecule has 0 aliphatic carbocycles. The molecule has 1 aromatic rings. The first-order valence-corrected chi connectivity index (χ1v) is 9.44. The van der Waals surface area contributed by atoms with Crippen molar-refractivity contribution in [1.29, 1.82) is 0 Å². The van der Waals surface area contributed by atoms with E-state index in [4.69, 9.17) is 23.0 Å². The Morgan fingerprint density at radius 1 is 1.12 bits per heavy atom. The van der Waals surface area contributed by atoms with Crippen LogP contribution in [0.25, 0.3) is 0 Å². The second-order valence-corrected chi connectivity index (χ2v) is 6.51. The van der Waals surface area contributed by atoms with Gasteiger partial charge in [-0.25, -0.2) is 4.57 Å². The Kier molecular flexibility index (Phi) is 9.91. The summed E-state index contributed by atoms with van der Waals surface area (Å²) in [4.78, 5) is 0. The number of phosphoric ester groups is 1. The van der Waals surface area contributed by atoms with E-state index in [1.165, 1.54) is 0 Å². The van der Waals surface area contributed by atoms with Crippen LogP contribution < -0.4 is 4.74 Å². The topological polar surface area (TPSA) is 63.2 Å². The van der Waals surface area contributed by atoms with Crippen LogP contribution in [-0.4, -0.2) is 33.0 Å². The van der Waals surface area contributed by atoms with Crippen LogP contribution in [0, 0.1) is 0 Å². The summed E-state index contributed by atoms with van der Waals surface area (Å²) in [5.74, 6) is 0.817. The molecule has 0 fully saturated rings. The molecule has 1 rings (SSSR count). The van der Waals surface area contributed by atoms with Gasteiger partial charge in [0, 0.05) is 0 Å². The quantitative estimate of drug-likeness (QED) is 0.314. The highest BCUT2D eigenvalue weighted by Gasteiger charge is 2.27. The zero-order valence-corrected chi connectivity index (χ0v) is 15.7. The summed E-state index contributed by atoms with van der Waals surface area (Å²) in [5, 5.41) is 0. The fourth-order valence-corrected chi connectivity index (χ4v) is 3.17. The van der Waals surface area contributed by atoms with Gasteiger partial charge < -0.3 is 9.47 Å². The molecule has 0 aliphatic rings. The van der Waals surface area contributed by atoms with Gasteiger partial charge in [-0.05, 0) is 38.5 Å². The van der Waals surface area contributed by atoms with Crippen LogP contribution in [0.2, 0.25) is 0 Å². The second kappa shape index (κ2) is 11.4. The van der Waals surface area contributed by atoms with Gasteiger partial charge in [-0.15, -0.1) is 0 Å². The summed E-state index contributed by atoms with van der Waals surface area (Å²) in [6.45, 7) is 6.69. The summed E-state index contributed by atoms with van der Waals surface area (Å²) in [5.41, 5.74) is 1.06. The van der Waals surface area contributed by atoms with E-state index in [9.17, 15) is 4.57 Å². The van der Waals surface area contributed by atoms with E-state index in [0.717, 1.165) is 11.3 Å². The number of ether oxygens (including phenoxy) is 2. The molecule has 0 saturated heterocycles. The van der Waals surface area contributed by atoms with Crippen molar-refractivity contribution in [3.05, 3.63) is 42.0 Å². The highest BCUT2D eigenvalue weighted by Crippen LogP contribution is 2.50. The Morgan fingerprint density at radius 2 is 1.75 bits per heavy atom. The number of benzene rings is 1. The van der Waals surface area contributed by atoms with Gasteiger partial charge in [0.25, 0.3) is 0 Å². The Balaban J connectivity index is 2.33. The average molecular weight is 358 g/mol. The average Bonchev–Trinajstić information content (AvgIpc) is 2.55. The van der Waals surface area contributed by atoms with E-state index >= 15 is 0 Å². The molecule has 1 unspecified atom stereocenters. The number of hydrogen-bond donors (Lipinski definition) is 0. The molecule has 7 heteroatoms. The molecule has 0 saturated carbocycles. The van der Waals surface area contributed by atoms with Crippen LogP contribution in [0.5, 0.6) is 5.75 Å². The van der Waals surface area contributed by atoms with Gasteiger partial charge >= 0.3 is 7.82 Å².